The highest BCUT2D eigenvalue weighted by Gasteiger charge is 2.16. The van der Waals surface area contributed by atoms with Crippen LogP contribution >= 0.6 is 0 Å². The van der Waals surface area contributed by atoms with Crippen LogP contribution in [0.5, 0.6) is 5.75 Å². The second kappa shape index (κ2) is 6.79. The van der Waals surface area contributed by atoms with Crippen LogP contribution in [-0.4, -0.2) is 13.0 Å². The van der Waals surface area contributed by atoms with Crippen LogP contribution in [0, 0.1) is 0 Å². The Bertz CT molecular complexity index is 611. The van der Waals surface area contributed by atoms with E-state index in [0.717, 1.165) is 12.0 Å². The Morgan fingerprint density at radius 1 is 1.24 bits per heavy atom. The number of hydrogen-bond donors (Lipinski definition) is 2. The van der Waals surface area contributed by atoms with E-state index in [1.807, 2.05) is 37.3 Å². The van der Waals surface area contributed by atoms with Gasteiger partial charge in [-0.1, -0.05) is 37.3 Å². The molecule has 4 nitrogen and oxygen atoms in total. The molecule has 1 amide bonds. The number of carbonyl (C=O) groups is 1. The summed E-state index contributed by atoms with van der Waals surface area (Å²) in [5.41, 5.74) is 7.84. The molecule has 2 aromatic carbocycles. The van der Waals surface area contributed by atoms with Gasteiger partial charge in [0.25, 0.3) is 5.91 Å². The Morgan fingerprint density at radius 2 is 1.95 bits per heavy atom. The molecule has 0 heterocycles. The van der Waals surface area contributed by atoms with E-state index in [9.17, 15) is 4.79 Å². The van der Waals surface area contributed by atoms with Gasteiger partial charge in [0, 0.05) is 5.69 Å². The van der Waals surface area contributed by atoms with E-state index in [0.29, 0.717) is 17.0 Å². The first-order valence-electron chi connectivity index (χ1n) is 6.95. The molecule has 1 atom stereocenters. The number of amides is 1. The molecule has 2 rings (SSSR count). The zero-order valence-electron chi connectivity index (χ0n) is 12.3. The van der Waals surface area contributed by atoms with Crippen molar-refractivity contribution in [3.05, 3.63) is 59.7 Å². The summed E-state index contributed by atoms with van der Waals surface area (Å²) in [6, 6.07) is 14.9. The van der Waals surface area contributed by atoms with Gasteiger partial charge in [0.15, 0.2) is 0 Å². The Kier molecular flexibility index (Phi) is 4.82. The smallest absolute Gasteiger partial charge is 0.253 e. The Morgan fingerprint density at radius 3 is 2.57 bits per heavy atom. The molecule has 0 aromatic heterocycles. The number of ether oxygens (including phenoxy) is 1. The normalized spacial score (nSPS) is 11.7. The second-order valence-electron chi connectivity index (χ2n) is 4.80. The molecule has 0 radical (unpaired) electrons. The standard InChI is InChI=1S/C17H20N2O2/c1-3-16(12-7-5-4-6-8-12)19-17(20)14-11-13(21-2)9-10-15(14)18/h4-11,16H,3,18H2,1-2H3,(H,19,20). The van der Waals surface area contributed by atoms with Gasteiger partial charge < -0.3 is 15.8 Å². The molecular weight excluding hydrogens is 264 g/mol. The minimum atomic E-state index is -0.192. The SMILES string of the molecule is CCC(NC(=O)c1cc(OC)ccc1N)c1ccccc1. The van der Waals surface area contributed by atoms with Crippen LogP contribution in [0.4, 0.5) is 5.69 Å². The molecule has 3 N–H and O–H groups in total. The average Bonchev–Trinajstić information content (AvgIpc) is 2.53. The summed E-state index contributed by atoms with van der Waals surface area (Å²) in [5.74, 6) is 0.421. The molecule has 0 saturated carbocycles. The molecule has 0 bridgehead atoms. The summed E-state index contributed by atoms with van der Waals surface area (Å²) in [7, 11) is 1.56. The number of methoxy groups -OCH3 is 1. The molecule has 110 valence electrons. The third kappa shape index (κ3) is 3.54. The van der Waals surface area contributed by atoms with Crippen LogP contribution in [0.3, 0.4) is 0 Å². The zero-order chi connectivity index (χ0) is 15.2. The van der Waals surface area contributed by atoms with Gasteiger partial charge in [-0.2, -0.15) is 0 Å². The maximum atomic E-state index is 12.4. The van der Waals surface area contributed by atoms with Crippen LogP contribution < -0.4 is 15.8 Å². The maximum absolute atomic E-state index is 12.4. The van der Waals surface area contributed by atoms with Gasteiger partial charge in [0.1, 0.15) is 5.75 Å². The second-order valence-corrected chi connectivity index (χ2v) is 4.80. The molecule has 2 aromatic rings. The highest BCUT2D eigenvalue weighted by Crippen LogP contribution is 2.22. The lowest BCUT2D eigenvalue weighted by atomic mass is 10.0. The Hall–Kier alpha value is -2.49. The van der Waals surface area contributed by atoms with E-state index in [4.69, 9.17) is 10.5 Å². The lowest BCUT2D eigenvalue weighted by Gasteiger charge is -2.18. The van der Waals surface area contributed by atoms with Gasteiger partial charge in [-0.25, -0.2) is 0 Å². The fourth-order valence-electron chi connectivity index (χ4n) is 2.20. The number of benzene rings is 2. The summed E-state index contributed by atoms with van der Waals surface area (Å²) in [6.45, 7) is 2.03. The number of nitrogens with two attached hydrogens (primary N) is 1. The molecular formula is C17H20N2O2. The van der Waals surface area contributed by atoms with E-state index in [1.165, 1.54) is 0 Å². The van der Waals surface area contributed by atoms with Crippen LogP contribution in [0.15, 0.2) is 48.5 Å². The fraction of sp³-hybridized carbons (Fsp3) is 0.235. The molecule has 0 aliphatic carbocycles. The van der Waals surface area contributed by atoms with E-state index in [2.05, 4.69) is 5.32 Å². The minimum Gasteiger partial charge on any atom is -0.497 e. The van der Waals surface area contributed by atoms with Crippen molar-refractivity contribution in [1.29, 1.82) is 0 Å². The van der Waals surface area contributed by atoms with E-state index in [1.54, 1.807) is 25.3 Å². The Labute approximate surface area is 124 Å². The monoisotopic (exact) mass is 284 g/mol. The molecule has 0 fully saturated rings. The van der Waals surface area contributed by atoms with Gasteiger partial charge in [0.2, 0.25) is 0 Å². The number of anilines is 1. The summed E-state index contributed by atoms with van der Waals surface area (Å²) in [4.78, 5) is 12.4. The van der Waals surface area contributed by atoms with Gasteiger partial charge in [-0.05, 0) is 30.2 Å². The van der Waals surface area contributed by atoms with Crippen molar-refractivity contribution < 1.29 is 9.53 Å². The summed E-state index contributed by atoms with van der Waals surface area (Å²) >= 11 is 0. The first-order chi connectivity index (χ1) is 10.2. The number of nitrogen functional groups attached to an aromatic ring is 1. The predicted molar refractivity (Wildman–Crippen MR) is 84.3 cm³/mol. The predicted octanol–water partition coefficient (Wildman–Crippen LogP) is 3.16. The van der Waals surface area contributed by atoms with E-state index >= 15 is 0 Å². The third-order valence-electron chi connectivity index (χ3n) is 3.42. The minimum absolute atomic E-state index is 0.0377. The fourth-order valence-corrected chi connectivity index (χ4v) is 2.20. The first kappa shape index (κ1) is 14.9. The highest BCUT2D eigenvalue weighted by atomic mass is 16.5. The quantitative estimate of drug-likeness (QED) is 0.829. The van der Waals surface area contributed by atoms with Crippen molar-refractivity contribution in [2.45, 2.75) is 19.4 Å². The summed E-state index contributed by atoms with van der Waals surface area (Å²) in [5, 5.41) is 3.02. The summed E-state index contributed by atoms with van der Waals surface area (Å²) in [6.07, 6.45) is 0.805. The number of rotatable bonds is 5. The first-order valence-corrected chi connectivity index (χ1v) is 6.95. The topological polar surface area (TPSA) is 64.3 Å². The van der Waals surface area contributed by atoms with Crippen molar-refractivity contribution in [1.82, 2.24) is 5.32 Å². The van der Waals surface area contributed by atoms with Crippen LogP contribution in [0.2, 0.25) is 0 Å². The van der Waals surface area contributed by atoms with Crippen molar-refractivity contribution in [3.63, 3.8) is 0 Å². The molecule has 1 unspecified atom stereocenters. The molecule has 4 heteroatoms. The number of carbonyl (C=O) groups excluding carboxylic acids is 1. The van der Waals surface area contributed by atoms with Crippen LogP contribution in [0.25, 0.3) is 0 Å². The van der Waals surface area contributed by atoms with E-state index in [-0.39, 0.29) is 11.9 Å². The van der Waals surface area contributed by atoms with Gasteiger partial charge in [-0.3, -0.25) is 4.79 Å². The average molecular weight is 284 g/mol. The van der Waals surface area contributed by atoms with Gasteiger partial charge in [0.05, 0.1) is 18.7 Å². The van der Waals surface area contributed by atoms with E-state index < -0.39 is 0 Å². The maximum Gasteiger partial charge on any atom is 0.253 e. The number of hydrogen-bond acceptors (Lipinski definition) is 3. The largest absolute Gasteiger partial charge is 0.497 e. The van der Waals surface area contributed by atoms with Crippen LogP contribution in [0.1, 0.15) is 35.3 Å². The van der Waals surface area contributed by atoms with Crippen molar-refractivity contribution >= 4 is 11.6 Å². The third-order valence-corrected chi connectivity index (χ3v) is 3.42. The lowest BCUT2D eigenvalue weighted by molar-refractivity contribution is 0.0936. The molecule has 21 heavy (non-hydrogen) atoms. The number of nitrogens with one attached hydrogen (secondary N) is 1. The van der Waals surface area contributed by atoms with Crippen LogP contribution in [-0.2, 0) is 0 Å². The van der Waals surface area contributed by atoms with Crippen molar-refractivity contribution in [3.8, 4) is 5.75 Å². The van der Waals surface area contributed by atoms with Gasteiger partial charge >= 0.3 is 0 Å². The molecule has 0 aliphatic rings. The van der Waals surface area contributed by atoms with Gasteiger partial charge in [-0.15, -0.1) is 0 Å². The highest BCUT2D eigenvalue weighted by molar-refractivity contribution is 5.99. The lowest BCUT2D eigenvalue weighted by Crippen LogP contribution is -2.28. The Balaban J connectivity index is 2.20. The zero-order valence-corrected chi connectivity index (χ0v) is 12.3. The molecule has 0 saturated heterocycles. The molecule has 0 spiro atoms. The molecule has 0 aliphatic heterocycles. The van der Waals surface area contributed by atoms with Crippen molar-refractivity contribution in [2.24, 2.45) is 0 Å². The summed E-state index contributed by atoms with van der Waals surface area (Å²) < 4.78 is 5.14. The van der Waals surface area contributed by atoms with Crippen molar-refractivity contribution in [2.75, 3.05) is 12.8 Å².